The van der Waals surface area contributed by atoms with Gasteiger partial charge in [-0.2, -0.15) is 0 Å². The molecule has 1 unspecified atom stereocenters. The van der Waals surface area contributed by atoms with Crippen molar-refractivity contribution in [1.29, 1.82) is 0 Å². The lowest BCUT2D eigenvalue weighted by molar-refractivity contribution is -0.123. The highest BCUT2D eigenvalue weighted by molar-refractivity contribution is 6.05. The van der Waals surface area contributed by atoms with Crippen molar-refractivity contribution < 1.29 is 24.6 Å². The molecule has 1 fully saturated rings. The van der Waals surface area contributed by atoms with Crippen LogP contribution < -0.4 is 10.8 Å². The molecule has 36 heavy (non-hydrogen) atoms. The van der Waals surface area contributed by atoms with E-state index in [1.165, 1.54) is 6.07 Å². The van der Waals surface area contributed by atoms with Crippen LogP contribution in [0, 0.1) is 0 Å². The number of nitrogens with zero attached hydrogens (tertiary/aromatic N) is 2. The predicted molar refractivity (Wildman–Crippen MR) is 137 cm³/mol. The number of hydroxylamine groups is 1. The first-order chi connectivity index (χ1) is 17.3. The zero-order valence-corrected chi connectivity index (χ0v) is 21.0. The van der Waals surface area contributed by atoms with E-state index < -0.39 is 6.04 Å². The predicted octanol–water partition coefficient (Wildman–Crippen LogP) is 2.40. The Kier molecular flexibility index (Phi) is 7.81. The summed E-state index contributed by atoms with van der Waals surface area (Å²) in [5.74, 6) is 0.0202. The number of likely N-dealkylation sites (N-methyl/N-ethyl adjacent to an activating group) is 1. The molecule has 0 aliphatic carbocycles. The van der Waals surface area contributed by atoms with Crippen LogP contribution in [0.2, 0.25) is 0 Å². The quantitative estimate of drug-likeness (QED) is 0.417. The fourth-order valence-corrected chi connectivity index (χ4v) is 4.63. The minimum Gasteiger partial charge on any atom is -0.508 e. The van der Waals surface area contributed by atoms with Gasteiger partial charge in [-0.1, -0.05) is 38.1 Å². The Morgan fingerprint density at radius 2 is 1.83 bits per heavy atom. The second kappa shape index (κ2) is 11.0. The van der Waals surface area contributed by atoms with Crippen molar-refractivity contribution in [2.24, 2.45) is 0 Å². The highest BCUT2D eigenvalue weighted by Gasteiger charge is 2.36. The molecule has 2 amide bonds. The fourth-order valence-electron chi connectivity index (χ4n) is 4.63. The van der Waals surface area contributed by atoms with E-state index in [1.807, 2.05) is 45.0 Å². The molecule has 0 radical (unpaired) electrons. The van der Waals surface area contributed by atoms with E-state index in [1.54, 1.807) is 11.0 Å². The second-order valence-electron chi connectivity index (χ2n) is 9.49. The maximum absolute atomic E-state index is 12.9. The summed E-state index contributed by atoms with van der Waals surface area (Å²) in [6.07, 6.45) is 0.899. The molecule has 0 aromatic heterocycles. The lowest BCUT2D eigenvalue weighted by Gasteiger charge is -2.32. The third-order valence-electron chi connectivity index (χ3n) is 6.66. The normalized spacial score (nSPS) is 18.4. The zero-order chi connectivity index (χ0) is 25.8. The van der Waals surface area contributed by atoms with Crippen LogP contribution in [0.25, 0.3) is 11.3 Å². The summed E-state index contributed by atoms with van der Waals surface area (Å²) in [5.41, 5.74) is 6.42. The Balaban J connectivity index is 1.68. The van der Waals surface area contributed by atoms with E-state index >= 15 is 0 Å². The molecule has 0 bridgehead atoms. The van der Waals surface area contributed by atoms with E-state index in [-0.39, 0.29) is 23.3 Å². The van der Waals surface area contributed by atoms with Gasteiger partial charge in [0.1, 0.15) is 11.5 Å². The SMILES string of the molecule is CCNC(=O)C1NOC(c2cc(C(C)C)c(O)cc2O)=C1c1ccc(CN2CCN(C=O)CC2)cc1. The Morgan fingerprint density at radius 3 is 2.44 bits per heavy atom. The number of nitrogens with one attached hydrogen (secondary N) is 2. The molecular weight excluding hydrogens is 460 g/mol. The van der Waals surface area contributed by atoms with Crippen LogP contribution in [0.15, 0.2) is 36.4 Å². The lowest BCUT2D eigenvalue weighted by Crippen LogP contribution is -2.45. The Bertz CT molecular complexity index is 1140. The molecule has 9 nitrogen and oxygen atoms in total. The third-order valence-corrected chi connectivity index (χ3v) is 6.66. The summed E-state index contributed by atoms with van der Waals surface area (Å²) in [7, 11) is 0. The molecule has 2 aliphatic rings. The van der Waals surface area contributed by atoms with Gasteiger partial charge in [-0.15, -0.1) is 5.48 Å². The van der Waals surface area contributed by atoms with Crippen LogP contribution in [-0.4, -0.2) is 71.1 Å². The number of carbonyl (C=O) groups excluding carboxylic acids is 2. The molecular formula is C27H34N4O5. The molecule has 192 valence electrons. The van der Waals surface area contributed by atoms with Crippen LogP contribution in [0.5, 0.6) is 11.5 Å². The summed E-state index contributed by atoms with van der Waals surface area (Å²) in [6.45, 7) is 10.1. The second-order valence-corrected chi connectivity index (χ2v) is 9.49. The smallest absolute Gasteiger partial charge is 0.245 e. The molecule has 1 saturated heterocycles. The Hall–Kier alpha value is -3.56. The van der Waals surface area contributed by atoms with Gasteiger partial charge in [0.25, 0.3) is 0 Å². The minimum absolute atomic E-state index is 0.0120. The van der Waals surface area contributed by atoms with Gasteiger partial charge in [-0.25, -0.2) is 0 Å². The Labute approximate surface area is 211 Å². The average Bonchev–Trinajstić information content (AvgIpc) is 3.30. The van der Waals surface area contributed by atoms with Crippen LogP contribution in [0.1, 0.15) is 48.9 Å². The number of hydrogen-bond acceptors (Lipinski definition) is 7. The largest absolute Gasteiger partial charge is 0.508 e. The molecule has 2 aliphatic heterocycles. The summed E-state index contributed by atoms with van der Waals surface area (Å²) < 4.78 is 0. The summed E-state index contributed by atoms with van der Waals surface area (Å²) >= 11 is 0. The third kappa shape index (κ3) is 5.32. The van der Waals surface area contributed by atoms with Crippen molar-refractivity contribution in [3.63, 3.8) is 0 Å². The van der Waals surface area contributed by atoms with Gasteiger partial charge in [-0.05, 0) is 35.6 Å². The van der Waals surface area contributed by atoms with E-state index in [2.05, 4.69) is 15.7 Å². The van der Waals surface area contributed by atoms with Crippen LogP contribution in [0.3, 0.4) is 0 Å². The number of carbonyl (C=O) groups is 2. The van der Waals surface area contributed by atoms with E-state index in [0.29, 0.717) is 29.0 Å². The van der Waals surface area contributed by atoms with Crippen molar-refractivity contribution in [2.75, 3.05) is 32.7 Å². The number of phenols is 2. The van der Waals surface area contributed by atoms with Crippen molar-refractivity contribution in [2.45, 2.75) is 39.3 Å². The molecule has 0 spiro atoms. The molecule has 4 N–H and O–H groups in total. The molecule has 4 rings (SSSR count). The summed E-state index contributed by atoms with van der Waals surface area (Å²) in [6, 6.07) is 10.2. The van der Waals surface area contributed by atoms with Crippen molar-refractivity contribution in [3.05, 3.63) is 58.7 Å². The number of piperazine rings is 1. The number of benzene rings is 2. The number of amides is 2. The van der Waals surface area contributed by atoms with Gasteiger partial charge in [0, 0.05) is 50.9 Å². The van der Waals surface area contributed by atoms with E-state index in [4.69, 9.17) is 4.84 Å². The molecule has 0 saturated carbocycles. The average molecular weight is 495 g/mol. The van der Waals surface area contributed by atoms with Gasteiger partial charge in [0.2, 0.25) is 12.3 Å². The first-order valence-corrected chi connectivity index (χ1v) is 12.3. The van der Waals surface area contributed by atoms with Crippen LogP contribution >= 0.6 is 0 Å². The standard InChI is InChI=1S/C27H34N4O5/c1-4-28-27(35)25-24(26(36-29-25)21-13-20(17(2)3)22(33)14-23(21)34)19-7-5-18(6-8-19)15-30-9-11-31(16-32)12-10-30/h5-8,13-14,16-17,25,29,33-34H,4,9-12,15H2,1-3H3,(H,28,35). The number of hydrogen-bond donors (Lipinski definition) is 4. The zero-order valence-electron chi connectivity index (χ0n) is 21.0. The maximum atomic E-state index is 12.9. The van der Waals surface area contributed by atoms with Gasteiger partial charge < -0.3 is 25.3 Å². The molecule has 1 atom stereocenters. The Morgan fingerprint density at radius 1 is 1.14 bits per heavy atom. The number of rotatable bonds is 8. The molecule has 2 heterocycles. The highest BCUT2D eigenvalue weighted by Crippen LogP contribution is 2.41. The van der Waals surface area contributed by atoms with Gasteiger partial charge >= 0.3 is 0 Å². The first kappa shape index (κ1) is 25.5. The van der Waals surface area contributed by atoms with Gasteiger partial charge in [0.05, 0.1) is 5.56 Å². The molecule has 2 aromatic carbocycles. The highest BCUT2D eigenvalue weighted by atomic mass is 16.7. The van der Waals surface area contributed by atoms with Crippen LogP contribution in [-0.2, 0) is 21.0 Å². The molecule has 2 aromatic rings. The lowest BCUT2D eigenvalue weighted by atomic mass is 9.92. The van der Waals surface area contributed by atoms with E-state index in [9.17, 15) is 19.8 Å². The monoisotopic (exact) mass is 494 g/mol. The van der Waals surface area contributed by atoms with Crippen molar-refractivity contribution in [1.82, 2.24) is 20.6 Å². The molecule has 9 heteroatoms. The summed E-state index contributed by atoms with van der Waals surface area (Å²) in [4.78, 5) is 33.7. The first-order valence-electron chi connectivity index (χ1n) is 12.3. The van der Waals surface area contributed by atoms with E-state index in [0.717, 1.165) is 50.3 Å². The maximum Gasteiger partial charge on any atom is 0.245 e. The van der Waals surface area contributed by atoms with Crippen molar-refractivity contribution in [3.8, 4) is 11.5 Å². The van der Waals surface area contributed by atoms with Gasteiger partial charge in [-0.3, -0.25) is 14.5 Å². The number of aromatic hydroxyl groups is 2. The number of phenolic OH excluding ortho intramolecular Hbond substituents is 2. The summed E-state index contributed by atoms with van der Waals surface area (Å²) in [5, 5.41) is 23.8. The van der Waals surface area contributed by atoms with Crippen molar-refractivity contribution >= 4 is 23.6 Å². The van der Waals surface area contributed by atoms with Crippen LogP contribution in [0.4, 0.5) is 0 Å². The minimum atomic E-state index is -0.766. The topological polar surface area (TPSA) is 114 Å². The fraction of sp³-hybridized carbons (Fsp3) is 0.407. The van der Waals surface area contributed by atoms with Gasteiger partial charge in [0.15, 0.2) is 11.8 Å².